The van der Waals surface area contributed by atoms with Crippen LogP contribution in [0.25, 0.3) is 33.1 Å². The molecule has 3 aromatic carbocycles. The SMILES string of the molecule is COc1ccc2nc3c(nc2c1)O[C@H]1CN(C(=O)[C@H](C2(C)CCCCC2)NC(=O)O[C@@H]2CC4CC4[C@H]2CCCCC3(F)F)[C@H]([C-]=O)[C@@H]1C.COc1ccc2nc3c(nc2c1)O[C@H]1CN(C(=O)[C@H](C2(C)CCCCC2)NC(=O)O[C@]2(C)CCC[C@H]2CCCCC3(F)F)[C@H]([C-]=O)[C@@H]1C.COc1ccc2nc3c(nc2c1)O[C@H]1CN(C(=O)[C@H](C2(C)CCCCC2)NC(=O)O[C@]2(C)C[C@H]2CCCCC3(F)F)[C@H]([C-]=O)[C@@H]1C.[HH].[HH].[HH].[V].[V].[V]. The Morgan fingerprint density at radius 3 is 1.04 bits per heavy atom. The van der Waals surface area contributed by atoms with Crippen molar-refractivity contribution in [1.82, 2.24) is 60.6 Å². The molecule has 3 saturated heterocycles. The van der Waals surface area contributed by atoms with E-state index in [0.717, 1.165) is 122 Å². The first kappa shape index (κ1) is 112. The zero-order valence-electron chi connectivity index (χ0n) is 84.5. The van der Waals surface area contributed by atoms with Gasteiger partial charge in [0.25, 0.3) is 17.8 Å². The molecule has 6 bridgehead atoms. The summed E-state index contributed by atoms with van der Waals surface area (Å²) < 4.78 is 149. The van der Waals surface area contributed by atoms with Gasteiger partial charge in [-0.3, -0.25) is 14.4 Å². The minimum absolute atomic E-state index is 0. The van der Waals surface area contributed by atoms with E-state index in [0.29, 0.717) is 97.0 Å². The maximum atomic E-state index is 16.1. The van der Waals surface area contributed by atoms with Crippen molar-refractivity contribution in [2.45, 2.75) is 357 Å². The minimum Gasteiger partial charge on any atom is -0.540 e. The number of halogens is 6. The molecule has 39 heteroatoms. The molecule has 13 aliphatic rings. The van der Waals surface area contributed by atoms with Gasteiger partial charge < -0.3 is 87.7 Å². The molecule has 3 N–H and O–H groups in total. The van der Waals surface area contributed by atoms with Crippen LogP contribution in [-0.2, 0) is 116 Å². The molecule has 7 saturated carbocycles. The second-order valence-electron chi connectivity index (χ2n) is 44.0. The molecule has 6 amide bonds. The van der Waals surface area contributed by atoms with E-state index in [9.17, 15) is 43.2 Å². The first-order valence-corrected chi connectivity index (χ1v) is 51.5. The first-order valence-electron chi connectivity index (χ1n) is 51.5. The van der Waals surface area contributed by atoms with Gasteiger partial charge >= 0.3 is 18.3 Å². The standard InChI is InChI=1S/C36H45F2N4O6.C36H47F2N4O6.C34H43F2N4O6.3V.3H2/c1-20-27(19-43)42-18-29(20)47-32-30(39-25-11-10-22(46-3)17-26(25)40-32)36(37,38)14-8-5-9-23-24-15-21(24)16-28(23)48-34(45)41-31(33(42)44)35(2)12-6-4-7-13-35;1-22-27(21-43)42-20-28(22)47-31-29(39-25-14-13-24(46-4)19-26(25)40-31)36(37,38)18-9-6-11-23-12-10-17-35(23,3)48-33(45)41-30(32(42)44)34(2)15-7-5-8-16-34;1-20-25(19-41)40-18-26(20)45-29-27(37-23-12-11-22(44-4)16-24(23)38-29)34(35,36)15-9-6-10-21-17-33(21,3)46-31(43)39-28(30(40)42)32(2)13-7-5-8-14-32;;;;;;/h10-11,17,20-21,23-24,27-29,31H,4-9,12-16,18H2,1-3H3,(H,41,45);13-14,19,22-23,27-28,30H,5-12,15-18,20H2,1-4H3,(H,41,45);11-12,16,20-21,25-26,28H,5-10,13-15,17-18H2,1-4H3,(H,39,43);;;;3*1H/q3*-1;;;;;;/t20-,21?,23+,24?,27+,28+,29-,31+;22-,23+,27+,28-,30+,35+;20-,21+,25+,26-,28+,33+;;;;;;/m000....../s1. The largest absolute Gasteiger partial charge is 0.540 e. The molecule has 9 heterocycles. The van der Waals surface area contributed by atoms with Crippen molar-refractivity contribution < 1.29 is 172 Å². The Morgan fingerprint density at radius 2 is 0.690 bits per heavy atom. The molecule has 6 aliphatic heterocycles. The fraction of sp³-hybridized carbons (Fsp3) is 0.689. The topological polar surface area (TPSA) is 360 Å². The zero-order valence-corrected chi connectivity index (χ0v) is 88.7. The number of aromatic nitrogens is 6. The number of rotatable bonds is 9. The number of benzene rings is 3. The summed E-state index contributed by atoms with van der Waals surface area (Å²) in [6, 6.07) is 8.57. The average molecular weight is 2140 g/mol. The molecular formula is C106H141F6N12O18V3-3. The van der Waals surface area contributed by atoms with Gasteiger partial charge in [-0.1, -0.05) is 137 Å². The monoisotopic (exact) mass is 2140 g/mol. The Kier molecular flexibility index (Phi) is 35.0. The Bertz CT molecular complexity index is 5600. The summed E-state index contributed by atoms with van der Waals surface area (Å²) in [5, 5.41) is 8.84. The Labute approximate surface area is 883 Å². The van der Waals surface area contributed by atoms with Crippen LogP contribution in [0.5, 0.6) is 34.9 Å². The summed E-state index contributed by atoms with van der Waals surface area (Å²) in [6.45, 7) is 14.7. The molecule has 3 radical (unpaired) electrons. The van der Waals surface area contributed by atoms with Gasteiger partial charge in [-0.05, 0) is 223 Å². The van der Waals surface area contributed by atoms with Crippen LogP contribution in [0.1, 0.15) is 289 Å². The van der Waals surface area contributed by atoms with Gasteiger partial charge in [0, 0.05) is 103 Å². The van der Waals surface area contributed by atoms with Crippen molar-refractivity contribution >= 4 is 88.0 Å². The number of hydrogen-bond acceptors (Lipinski definition) is 24. The van der Waals surface area contributed by atoms with Crippen molar-refractivity contribution in [3.63, 3.8) is 0 Å². The fourth-order valence-electron chi connectivity index (χ4n) is 25.1. The number of nitrogens with zero attached hydrogens (tertiary/aromatic N) is 9. The number of carbonyl (C=O) groups is 6. The molecule has 19 rings (SSSR count). The fourth-order valence-corrected chi connectivity index (χ4v) is 25.1. The third kappa shape index (κ3) is 23.6. The maximum absolute atomic E-state index is 16.1. The summed E-state index contributed by atoms with van der Waals surface area (Å²) in [7, 11) is 4.50. The average Bonchev–Trinajstić information content (AvgIpc) is 1.60. The number of nitrogens with one attached hydrogen (secondary N) is 3. The van der Waals surface area contributed by atoms with Gasteiger partial charge in [0.1, 0.15) is 71.0 Å². The van der Waals surface area contributed by atoms with E-state index < -0.39 is 190 Å². The van der Waals surface area contributed by atoms with Crippen LogP contribution in [0.4, 0.5) is 40.7 Å². The number of methoxy groups -OCH3 is 3. The second kappa shape index (κ2) is 45.5. The predicted octanol–water partition coefficient (Wildman–Crippen LogP) is 19.3. The summed E-state index contributed by atoms with van der Waals surface area (Å²) >= 11 is 0. The molecule has 20 atom stereocenters. The van der Waals surface area contributed by atoms with E-state index in [-0.39, 0.29) is 157 Å². The Hall–Kier alpha value is -8.96. The van der Waals surface area contributed by atoms with E-state index in [2.05, 4.69) is 45.9 Å². The van der Waals surface area contributed by atoms with Gasteiger partial charge in [0.05, 0.1) is 74.1 Å². The van der Waals surface area contributed by atoms with Gasteiger partial charge in [-0.2, -0.15) is 26.3 Å². The van der Waals surface area contributed by atoms with Gasteiger partial charge in [-0.15, -0.1) is 0 Å². The molecule has 6 aromatic rings. The molecule has 0 spiro atoms. The van der Waals surface area contributed by atoms with Gasteiger partial charge in [0.15, 0.2) is 17.1 Å². The Morgan fingerprint density at radius 1 is 0.366 bits per heavy atom. The summed E-state index contributed by atoms with van der Waals surface area (Å²) in [5.41, 5.74) is -3.13. The number of fused-ring (bicyclic) bond motifs is 17. The number of ether oxygens (including phenoxy) is 9. The van der Waals surface area contributed by atoms with Crippen LogP contribution < -0.4 is 44.4 Å². The van der Waals surface area contributed by atoms with Crippen molar-refractivity contribution in [2.24, 2.45) is 63.6 Å². The normalized spacial score (nSPS) is 32.7. The van der Waals surface area contributed by atoms with E-state index in [1.807, 2.05) is 53.5 Å². The van der Waals surface area contributed by atoms with Crippen LogP contribution >= 0.6 is 0 Å². The number of amides is 6. The van der Waals surface area contributed by atoms with Crippen molar-refractivity contribution in [1.29, 1.82) is 0 Å². The maximum Gasteiger partial charge on any atom is 0.408 e. The molecule has 10 fully saturated rings. The van der Waals surface area contributed by atoms with E-state index >= 15 is 26.3 Å². The zero-order chi connectivity index (χ0) is 101. The molecule has 30 nitrogen and oxygen atoms in total. The van der Waals surface area contributed by atoms with Crippen LogP contribution in [0, 0.1) is 63.6 Å². The third-order valence-electron chi connectivity index (χ3n) is 34.3. The molecule has 2 unspecified atom stereocenters. The van der Waals surface area contributed by atoms with Crippen molar-refractivity contribution in [3.8, 4) is 34.9 Å². The first-order chi connectivity index (χ1) is 67.7. The smallest absolute Gasteiger partial charge is 0.408 e. The number of alkyl carbamates (subject to hydrolysis) is 3. The second-order valence-corrected chi connectivity index (χ2v) is 44.0. The molecule has 3 aromatic heterocycles. The van der Waals surface area contributed by atoms with Crippen molar-refractivity contribution in [2.75, 3.05) is 41.0 Å². The molecular weight excluding hydrogens is 2000 g/mol. The van der Waals surface area contributed by atoms with Crippen LogP contribution in [0.2, 0.25) is 0 Å². The molecule has 793 valence electrons. The third-order valence-corrected chi connectivity index (χ3v) is 34.3. The number of carbonyl (C=O) groups excluding carboxylic acids is 9. The predicted molar refractivity (Wildman–Crippen MR) is 516 cm³/mol. The quantitative estimate of drug-likeness (QED) is 0.0687. The van der Waals surface area contributed by atoms with Crippen LogP contribution in [0.3, 0.4) is 0 Å². The minimum atomic E-state index is -3.37. The molecule has 145 heavy (non-hydrogen) atoms. The number of alkyl halides is 6. The van der Waals surface area contributed by atoms with E-state index in [1.165, 1.54) is 36.0 Å². The summed E-state index contributed by atoms with van der Waals surface area (Å²) in [5.74, 6) is -11.7. The Balaban J connectivity index is 0.000000207. The molecule has 7 aliphatic carbocycles. The van der Waals surface area contributed by atoms with Gasteiger partial charge in [-0.25, -0.2) is 63.1 Å². The van der Waals surface area contributed by atoms with Crippen LogP contribution in [0.15, 0.2) is 54.6 Å². The van der Waals surface area contributed by atoms with Crippen LogP contribution in [-0.4, -0.2) is 212 Å². The van der Waals surface area contributed by atoms with E-state index in [4.69, 9.17) is 42.6 Å². The number of hydrogen-bond donors (Lipinski definition) is 3. The van der Waals surface area contributed by atoms with E-state index in [1.54, 1.807) is 75.4 Å². The summed E-state index contributed by atoms with van der Waals surface area (Å²) in [4.78, 5) is 152. The summed E-state index contributed by atoms with van der Waals surface area (Å²) in [6.07, 6.45) is 21.6. The van der Waals surface area contributed by atoms with Gasteiger partial charge in [0.2, 0.25) is 35.4 Å². The van der Waals surface area contributed by atoms with Crippen molar-refractivity contribution in [3.05, 3.63) is 71.7 Å².